The highest BCUT2D eigenvalue weighted by Gasteiger charge is 2.32. The molecule has 0 bridgehead atoms. The average molecular weight is 282 g/mol. The topological polar surface area (TPSA) is 63.4 Å². The number of anilines is 1. The molecule has 6 heteroatoms. The molecule has 2 N–H and O–H groups in total. The van der Waals surface area contributed by atoms with Gasteiger partial charge in [0.05, 0.1) is 6.54 Å². The van der Waals surface area contributed by atoms with Crippen LogP contribution in [-0.4, -0.2) is 25.8 Å². The molecule has 1 aliphatic carbocycles. The van der Waals surface area contributed by atoms with E-state index < -0.39 is 15.8 Å². The molecule has 0 aromatic heterocycles. The Labute approximate surface area is 112 Å². The number of halogens is 1. The smallest absolute Gasteiger partial charge is 0.246 e. The van der Waals surface area contributed by atoms with Gasteiger partial charge in [-0.3, -0.25) is 0 Å². The molecule has 0 heterocycles. The third kappa shape index (κ3) is 3.06. The summed E-state index contributed by atoms with van der Waals surface area (Å²) in [4.78, 5) is -0.377. The highest BCUT2D eigenvalue weighted by Crippen LogP contribution is 2.32. The first-order chi connectivity index (χ1) is 8.95. The maximum absolute atomic E-state index is 13.8. The first-order valence-corrected chi connectivity index (χ1v) is 7.38. The lowest BCUT2D eigenvalue weighted by atomic mass is 10.3. The van der Waals surface area contributed by atoms with E-state index in [2.05, 4.69) is 5.92 Å². The summed E-state index contributed by atoms with van der Waals surface area (Å²) in [5.74, 6) is 1.79. The fourth-order valence-electron chi connectivity index (χ4n) is 1.80. The molecule has 4 nitrogen and oxygen atoms in total. The minimum absolute atomic E-state index is 0.0529. The van der Waals surface area contributed by atoms with Gasteiger partial charge in [-0.1, -0.05) is 5.92 Å². The predicted molar refractivity (Wildman–Crippen MR) is 71.1 cm³/mol. The van der Waals surface area contributed by atoms with Crippen molar-refractivity contribution in [1.29, 1.82) is 0 Å². The molecule has 19 heavy (non-hydrogen) atoms. The zero-order valence-electron chi connectivity index (χ0n) is 10.3. The summed E-state index contributed by atoms with van der Waals surface area (Å²) in [6, 6.07) is 3.54. The van der Waals surface area contributed by atoms with Crippen LogP contribution in [0.15, 0.2) is 23.1 Å². The number of nitrogens with two attached hydrogens (primary N) is 1. The Morgan fingerprint density at radius 3 is 2.68 bits per heavy atom. The van der Waals surface area contributed by atoms with Gasteiger partial charge in [0.25, 0.3) is 0 Å². The van der Waals surface area contributed by atoms with Gasteiger partial charge in [0.15, 0.2) is 0 Å². The summed E-state index contributed by atoms with van der Waals surface area (Å²) < 4.78 is 39.6. The van der Waals surface area contributed by atoms with Crippen LogP contribution in [0.2, 0.25) is 0 Å². The van der Waals surface area contributed by atoms with E-state index in [4.69, 9.17) is 12.2 Å². The van der Waals surface area contributed by atoms with Crippen molar-refractivity contribution in [3.8, 4) is 12.3 Å². The molecule has 1 saturated carbocycles. The van der Waals surface area contributed by atoms with Crippen molar-refractivity contribution in [2.24, 2.45) is 5.92 Å². The molecule has 0 saturated heterocycles. The summed E-state index contributed by atoms with van der Waals surface area (Å²) in [6.45, 7) is 0.291. The SMILES string of the molecule is C#CCN(CC1CC1)S(=O)(=O)c1ccc(N)cc1F. The van der Waals surface area contributed by atoms with Crippen LogP contribution in [0.3, 0.4) is 0 Å². The van der Waals surface area contributed by atoms with Gasteiger partial charge in [-0.15, -0.1) is 6.42 Å². The molecule has 1 aromatic rings. The molecular formula is C13H15FN2O2S. The van der Waals surface area contributed by atoms with Crippen molar-refractivity contribution in [2.75, 3.05) is 18.8 Å². The molecular weight excluding hydrogens is 267 g/mol. The lowest BCUT2D eigenvalue weighted by Crippen LogP contribution is -2.33. The van der Waals surface area contributed by atoms with Crippen molar-refractivity contribution in [3.63, 3.8) is 0 Å². The second kappa shape index (κ2) is 5.19. The Balaban J connectivity index is 2.35. The van der Waals surface area contributed by atoms with E-state index in [1.54, 1.807) is 0 Å². The maximum Gasteiger partial charge on any atom is 0.246 e. The van der Waals surface area contributed by atoms with Crippen LogP contribution in [0.5, 0.6) is 0 Å². The van der Waals surface area contributed by atoms with Gasteiger partial charge in [-0.05, 0) is 37.0 Å². The third-order valence-electron chi connectivity index (χ3n) is 3.00. The van der Waals surface area contributed by atoms with Crippen LogP contribution in [0.4, 0.5) is 10.1 Å². The largest absolute Gasteiger partial charge is 0.399 e. The quantitative estimate of drug-likeness (QED) is 0.656. The zero-order valence-corrected chi connectivity index (χ0v) is 11.2. The van der Waals surface area contributed by atoms with Gasteiger partial charge in [-0.2, -0.15) is 4.31 Å². The number of nitrogens with zero attached hydrogens (tertiary/aromatic N) is 1. The van der Waals surface area contributed by atoms with E-state index in [0.717, 1.165) is 23.2 Å². The Bertz CT molecular complexity index is 618. The molecule has 0 radical (unpaired) electrons. The van der Waals surface area contributed by atoms with E-state index in [9.17, 15) is 12.8 Å². The number of hydrogen-bond acceptors (Lipinski definition) is 3. The summed E-state index contributed by atoms with van der Waals surface area (Å²) in [5.41, 5.74) is 5.60. The van der Waals surface area contributed by atoms with E-state index in [1.807, 2.05) is 0 Å². The zero-order chi connectivity index (χ0) is 14.0. The normalized spacial score (nSPS) is 15.4. The van der Waals surface area contributed by atoms with Crippen molar-refractivity contribution < 1.29 is 12.8 Å². The molecule has 0 unspecified atom stereocenters. The van der Waals surface area contributed by atoms with Gasteiger partial charge in [-0.25, -0.2) is 12.8 Å². The van der Waals surface area contributed by atoms with Crippen LogP contribution in [0.25, 0.3) is 0 Å². The molecule has 0 atom stereocenters. The van der Waals surface area contributed by atoms with Gasteiger partial charge in [0, 0.05) is 12.2 Å². The van der Waals surface area contributed by atoms with Crippen molar-refractivity contribution in [3.05, 3.63) is 24.0 Å². The number of nitrogen functional groups attached to an aromatic ring is 1. The Morgan fingerprint density at radius 2 is 2.16 bits per heavy atom. The highest BCUT2D eigenvalue weighted by atomic mass is 32.2. The molecule has 0 amide bonds. The number of benzene rings is 1. The summed E-state index contributed by atoms with van der Waals surface area (Å²) >= 11 is 0. The van der Waals surface area contributed by atoms with Gasteiger partial charge >= 0.3 is 0 Å². The molecule has 0 aliphatic heterocycles. The molecule has 102 valence electrons. The van der Waals surface area contributed by atoms with E-state index >= 15 is 0 Å². The van der Waals surface area contributed by atoms with E-state index in [1.165, 1.54) is 12.1 Å². The number of hydrogen-bond donors (Lipinski definition) is 1. The summed E-state index contributed by atoms with van der Waals surface area (Å²) in [6.07, 6.45) is 7.17. The number of sulfonamides is 1. The van der Waals surface area contributed by atoms with Crippen LogP contribution < -0.4 is 5.73 Å². The Kier molecular flexibility index (Phi) is 3.78. The fraction of sp³-hybridized carbons (Fsp3) is 0.385. The van der Waals surface area contributed by atoms with E-state index in [0.29, 0.717) is 12.5 Å². The molecule has 2 rings (SSSR count). The monoisotopic (exact) mass is 282 g/mol. The predicted octanol–water partition coefficient (Wildman–Crippen LogP) is 1.44. The Morgan fingerprint density at radius 1 is 1.47 bits per heavy atom. The molecule has 1 aliphatic rings. The molecule has 1 fully saturated rings. The molecule has 0 spiro atoms. The van der Waals surface area contributed by atoms with Crippen LogP contribution in [-0.2, 0) is 10.0 Å². The standard InChI is InChI=1S/C13H15FN2O2S/c1-2-7-16(9-10-3-4-10)19(17,18)13-6-5-11(15)8-12(13)14/h1,5-6,8,10H,3-4,7,9,15H2. The lowest BCUT2D eigenvalue weighted by Gasteiger charge is -2.20. The van der Waals surface area contributed by atoms with Gasteiger partial charge in [0.2, 0.25) is 10.0 Å². The third-order valence-corrected chi connectivity index (χ3v) is 4.85. The second-order valence-corrected chi connectivity index (χ2v) is 6.54. The lowest BCUT2D eigenvalue weighted by molar-refractivity contribution is 0.426. The van der Waals surface area contributed by atoms with Crippen LogP contribution in [0.1, 0.15) is 12.8 Å². The molecule has 1 aromatic carbocycles. The van der Waals surface area contributed by atoms with Crippen molar-refractivity contribution in [2.45, 2.75) is 17.7 Å². The average Bonchev–Trinajstić information content (AvgIpc) is 3.11. The van der Waals surface area contributed by atoms with Crippen LogP contribution >= 0.6 is 0 Å². The number of rotatable bonds is 5. The van der Waals surface area contributed by atoms with E-state index in [-0.39, 0.29) is 17.1 Å². The first kappa shape index (κ1) is 13.8. The highest BCUT2D eigenvalue weighted by molar-refractivity contribution is 7.89. The Hall–Kier alpha value is -1.58. The van der Waals surface area contributed by atoms with Gasteiger partial charge < -0.3 is 5.73 Å². The van der Waals surface area contributed by atoms with Gasteiger partial charge in [0.1, 0.15) is 10.7 Å². The summed E-state index contributed by atoms with van der Waals surface area (Å²) in [7, 11) is -3.91. The fourth-order valence-corrected chi connectivity index (χ4v) is 3.28. The van der Waals surface area contributed by atoms with Crippen molar-refractivity contribution >= 4 is 15.7 Å². The minimum atomic E-state index is -3.91. The maximum atomic E-state index is 13.8. The first-order valence-electron chi connectivity index (χ1n) is 5.94. The van der Waals surface area contributed by atoms with Crippen LogP contribution in [0, 0.1) is 24.1 Å². The van der Waals surface area contributed by atoms with Crippen molar-refractivity contribution in [1.82, 2.24) is 4.31 Å². The second-order valence-electron chi connectivity index (χ2n) is 4.63. The minimum Gasteiger partial charge on any atom is -0.399 e. The number of terminal acetylenes is 1. The summed E-state index contributed by atoms with van der Waals surface area (Å²) in [5, 5.41) is 0.